The first kappa shape index (κ1) is 15.3. The van der Waals surface area contributed by atoms with E-state index in [0.717, 1.165) is 16.8 Å². The van der Waals surface area contributed by atoms with Gasteiger partial charge in [0.1, 0.15) is 0 Å². The Morgan fingerprint density at radius 2 is 2.16 bits per heavy atom. The summed E-state index contributed by atoms with van der Waals surface area (Å²) >= 11 is 1.37. The second-order valence-corrected chi connectivity index (χ2v) is 6.07. The van der Waals surface area contributed by atoms with Gasteiger partial charge in [-0.15, -0.1) is 11.3 Å². The Labute approximate surface area is 147 Å². The topological polar surface area (TPSA) is 73.3 Å². The van der Waals surface area contributed by atoms with Crippen molar-refractivity contribution < 1.29 is 14.3 Å². The van der Waals surface area contributed by atoms with Crippen molar-refractivity contribution >= 4 is 28.5 Å². The number of amides is 1. The zero-order valence-electron chi connectivity index (χ0n) is 13.0. The van der Waals surface area contributed by atoms with Gasteiger partial charge in [-0.2, -0.15) is 0 Å². The molecule has 0 saturated carbocycles. The number of hydrogen-bond acceptors (Lipinski definition) is 6. The quantitative estimate of drug-likeness (QED) is 0.727. The second-order valence-electron chi connectivity index (χ2n) is 5.21. The Hall–Kier alpha value is -3.19. The number of aromatic nitrogens is 2. The number of ether oxygens (including phenoxy) is 2. The zero-order valence-corrected chi connectivity index (χ0v) is 13.8. The highest BCUT2D eigenvalue weighted by atomic mass is 32.1. The maximum Gasteiger partial charge on any atom is 0.250 e. The Morgan fingerprint density at radius 3 is 3.04 bits per heavy atom. The van der Waals surface area contributed by atoms with Crippen LogP contribution in [0.25, 0.3) is 17.3 Å². The minimum atomic E-state index is -0.246. The zero-order chi connectivity index (χ0) is 17.1. The molecule has 1 aliphatic rings. The normalized spacial score (nSPS) is 12.5. The Balaban J connectivity index is 1.41. The SMILES string of the molecule is O=C(C=Cc1ccc2c(c1)OCO2)Nc1nc(-c2cccnc2)cs1. The molecular weight excluding hydrogens is 338 g/mol. The number of benzene rings is 1. The molecule has 0 spiro atoms. The van der Waals surface area contributed by atoms with Crippen molar-refractivity contribution in [3.05, 3.63) is 59.7 Å². The van der Waals surface area contributed by atoms with Crippen LogP contribution in [-0.4, -0.2) is 22.7 Å². The Bertz CT molecular complexity index is 938. The standard InChI is InChI=1S/C18H13N3O3S/c22-17(6-4-12-3-5-15-16(8-12)24-11-23-15)21-18-20-14(10-25-18)13-2-1-7-19-9-13/h1-10H,11H2,(H,20,21,22). The first-order chi connectivity index (χ1) is 12.3. The smallest absolute Gasteiger partial charge is 0.250 e. The summed E-state index contributed by atoms with van der Waals surface area (Å²) in [7, 11) is 0. The Kier molecular flexibility index (Phi) is 4.14. The molecule has 25 heavy (non-hydrogen) atoms. The molecule has 1 aromatic carbocycles. The average molecular weight is 351 g/mol. The lowest BCUT2D eigenvalue weighted by molar-refractivity contribution is -0.111. The lowest BCUT2D eigenvalue weighted by atomic mass is 10.2. The molecule has 2 aromatic heterocycles. The third-order valence-corrected chi connectivity index (χ3v) is 4.27. The van der Waals surface area contributed by atoms with E-state index in [9.17, 15) is 4.79 Å². The molecule has 0 saturated heterocycles. The molecule has 0 unspecified atom stereocenters. The molecule has 1 N–H and O–H groups in total. The third kappa shape index (κ3) is 3.51. The van der Waals surface area contributed by atoms with Gasteiger partial charge in [-0.05, 0) is 35.9 Å². The van der Waals surface area contributed by atoms with E-state index >= 15 is 0 Å². The van der Waals surface area contributed by atoms with Crippen molar-refractivity contribution in [2.75, 3.05) is 12.1 Å². The van der Waals surface area contributed by atoms with E-state index in [1.807, 2.05) is 35.7 Å². The van der Waals surface area contributed by atoms with Crippen molar-refractivity contribution in [2.24, 2.45) is 0 Å². The van der Waals surface area contributed by atoms with Gasteiger partial charge in [0.2, 0.25) is 12.7 Å². The number of carbonyl (C=O) groups excluding carboxylic acids is 1. The van der Waals surface area contributed by atoms with Crippen LogP contribution < -0.4 is 14.8 Å². The van der Waals surface area contributed by atoms with E-state index in [0.29, 0.717) is 16.6 Å². The molecule has 4 rings (SSSR count). The number of hydrogen-bond donors (Lipinski definition) is 1. The summed E-state index contributed by atoms with van der Waals surface area (Å²) in [5.41, 5.74) is 2.55. The fraction of sp³-hybridized carbons (Fsp3) is 0.0556. The number of nitrogens with zero attached hydrogens (tertiary/aromatic N) is 2. The van der Waals surface area contributed by atoms with Crippen LogP contribution in [-0.2, 0) is 4.79 Å². The summed E-state index contributed by atoms with van der Waals surface area (Å²) in [6.07, 6.45) is 6.62. The number of anilines is 1. The maximum atomic E-state index is 12.1. The van der Waals surface area contributed by atoms with Crippen LogP contribution in [0.2, 0.25) is 0 Å². The van der Waals surface area contributed by atoms with Crippen LogP contribution in [0.1, 0.15) is 5.56 Å². The molecule has 7 heteroatoms. The molecular formula is C18H13N3O3S. The lowest BCUT2D eigenvalue weighted by Crippen LogP contribution is -2.07. The molecule has 0 atom stereocenters. The van der Waals surface area contributed by atoms with Gasteiger partial charge >= 0.3 is 0 Å². The van der Waals surface area contributed by atoms with Crippen LogP contribution in [0.4, 0.5) is 5.13 Å². The maximum absolute atomic E-state index is 12.1. The summed E-state index contributed by atoms with van der Waals surface area (Å²) < 4.78 is 10.6. The number of thiazole rings is 1. The summed E-state index contributed by atoms with van der Waals surface area (Å²) in [5.74, 6) is 1.15. The van der Waals surface area contributed by atoms with Crippen LogP contribution in [0.15, 0.2) is 54.2 Å². The number of rotatable bonds is 4. The number of pyridine rings is 1. The lowest BCUT2D eigenvalue weighted by Gasteiger charge is -1.98. The predicted octanol–water partition coefficient (Wildman–Crippen LogP) is 3.59. The minimum absolute atomic E-state index is 0.228. The second kappa shape index (κ2) is 6.74. The van der Waals surface area contributed by atoms with E-state index in [2.05, 4.69) is 15.3 Å². The molecule has 0 bridgehead atoms. The van der Waals surface area contributed by atoms with Crippen LogP contribution in [0, 0.1) is 0 Å². The number of nitrogens with one attached hydrogen (secondary N) is 1. The summed E-state index contributed by atoms with van der Waals surface area (Å²) in [6, 6.07) is 9.28. The predicted molar refractivity (Wildman–Crippen MR) is 95.6 cm³/mol. The van der Waals surface area contributed by atoms with E-state index in [4.69, 9.17) is 9.47 Å². The molecule has 1 amide bonds. The molecule has 0 fully saturated rings. The fourth-order valence-corrected chi connectivity index (χ4v) is 3.04. The van der Waals surface area contributed by atoms with Crippen molar-refractivity contribution in [2.45, 2.75) is 0 Å². The highest BCUT2D eigenvalue weighted by Crippen LogP contribution is 2.32. The largest absolute Gasteiger partial charge is 0.454 e. The molecule has 6 nitrogen and oxygen atoms in total. The van der Waals surface area contributed by atoms with E-state index in [-0.39, 0.29) is 12.7 Å². The summed E-state index contributed by atoms with van der Waals surface area (Å²) in [4.78, 5) is 20.5. The average Bonchev–Trinajstić information content (AvgIpc) is 3.29. The number of carbonyl (C=O) groups is 1. The molecule has 0 aliphatic carbocycles. The highest BCUT2D eigenvalue weighted by molar-refractivity contribution is 7.14. The first-order valence-corrected chi connectivity index (χ1v) is 8.40. The van der Waals surface area contributed by atoms with Gasteiger partial charge in [0, 0.05) is 29.4 Å². The van der Waals surface area contributed by atoms with E-state index in [1.165, 1.54) is 17.4 Å². The van der Waals surface area contributed by atoms with E-state index < -0.39 is 0 Å². The molecule has 3 aromatic rings. The van der Waals surface area contributed by atoms with Gasteiger partial charge in [-0.1, -0.05) is 6.07 Å². The molecule has 124 valence electrons. The first-order valence-electron chi connectivity index (χ1n) is 7.52. The van der Waals surface area contributed by atoms with Crippen LogP contribution in [0.3, 0.4) is 0 Å². The third-order valence-electron chi connectivity index (χ3n) is 3.52. The van der Waals surface area contributed by atoms with Crippen molar-refractivity contribution in [3.63, 3.8) is 0 Å². The number of fused-ring (bicyclic) bond motifs is 1. The van der Waals surface area contributed by atoms with Crippen molar-refractivity contribution in [3.8, 4) is 22.8 Å². The van der Waals surface area contributed by atoms with Gasteiger partial charge < -0.3 is 9.47 Å². The van der Waals surface area contributed by atoms with Gasteiger partial charge in [-0.3, -0.25) is 15.1 Å². The van der Waals surface area contributed by atoms with Crippen molar-refractivity contribution in [1.82, 2.24) is 9.97 Å². The Morgan fingerprint density at radius 1 is 1.24 bits per heavy atom. The summed E-state index contributed by atoms with van der Waals surface area (Å²) in [5, 5.41) is 5.18. The van der Waals surface area contributed by atoms with Crippen LogP contribution >= 0.6 is 11.3 Å². The van der Waals surface area contributed by atoms with E-state index in [1.54, 1.807) is 18.5 Å². The summed E-state index contributed by atoms with van der Waals surface area (Å²) in [6.45, 7) is 0.228. The van der Waals surface area contributed by atoms with Gasteiger partial charge in [0.05, 0.1) is 5.69 Å². The highest BCUT2D eigenvalue weighted by Gasteiger charge is 2.12. The van der Waals surface area contributed by atoms with Gasteiger partial charge in [0.25, 0.3) is 0 Å². The van der Waals surface area contributed by atoms with Gasteiger partial charge in [-0.25, -0.2) is 4.98 Å². The fourth-order valence-electron chi connectivity index (χ4n) is 2.31. The van der Waals surface area contributed by atoms with Gasteiger partial charge in [0.15, 0.2) is 16.6 Å². The molecule has 1 aliphatic heterocycles. The van der Waals surface area contributed by atoms with Crippen LogP contribution in [0.5, 0.6) is 11.5 Å². The molecule has 0 radical (unpaired) electrons. The van der Waals surface area contributed by atoms with Crippen molar-refractivity contribution in [1.29, 1.82) is 0 Å². The monoisotopic (exact) mass is 351 g/mol. The minimum Gasteiger partial charge on any atom is -0.454 e. The molecule has 3 heterocycles.